The van der Waals surface area contributed by atoms with Gasteiger partial charge in [-0.15, -0.1) is 6.42 Å². The van der Waals surface area contributed by atoms with E-state index in [9.17, 15) is 8.42 Å². The van der Waals surface area contributed by atoms with Crippen LogP contribution in [0, 0.1) is 12.3 Å². The van der Waals surface area contributed by atoms with Gasteiger partial charge in [-0.3, -0.25) is 4.98 Å². The molecule has 4 nitrogen and oxygen atoms in total. The van der Waals surface area contributed by atoms with E-state index in [1.165, 1.54) is 18.5 Å². The first-order valence-electron chi connectivity index (χ1n) is 3.60. The van der Waals surface area contributed by atoms with Gasteiger partial charge >= 0.3 is 0 Å². The summed E-state index contributed by atoms with van der Waals surface area (Å²) < 4.78 is 25.8. The standard InChI is InChI=1S/C8H7BrN2O2S/c1-2-3-11-14(12,13)8-4-7(9)5-10-6-8/h1,4-6,11H,3H2. The molecule has 14 heavy (non-hydrogen) atoms. The van der Waals surface area contributed by atoms with Crippen molar-refractivity contribution in [3.63, 3.8) is 0 Å². The molecule has 0 unspecified atom stereocenters. The second-order valence-corrected chi connectivity index (χ2v) is 5.05. The summed E-state index contributed by atoms with van der Waals surface area (Å²) in [7, 11) is -3.53. The highest BCUT2D eigenvalue weighted by Gasteiger charge is 2.13. The summed E-state index contributed by atoms with van der Waals surface area (Å²) in [5.74, 6) is 2.19. The summed E-state index contributed by atoms with van der Waals surface area (Å²) in [5, 5.41) is 0. The normalized spacial score (nSPS) is 10.9. The van der Waals surface area contributed by atoms with Crippen molar-refractivity contribution in [3.05, 3.63) is 22.9 Å². The highest BCUT2D eigenvalue weighted by Crippen LogP contribution is 2.13. The summed E-state index contributed by atoms with van der Waals surface area (Å²) in [6.45, 7) is -0.0329. The monoisotopic (exact) mass is 274 g/mol. The number of nitrogens with one attached hydrogen (secondary N) is 1. The van der Waals surface area contributed by atoms with Gasteiger partial charge in [0, 0.05) is 16.9 Å². The van der Waals surface area contributed by atoms with Crippen molar-refractivity contribution >= 4 is 26.0 Å². The van der Waals surface area contributed by atoms with Gasteiger partial charge in [0.1, 0.15) is 4.90 Å². The number of terminal acetylenes is 1. The maximum Gasteiger partial charge on any atom is 0.243 e. The molecular formula is C8H7BrN2O2S. The van der Waals surface area contributed by atoms with E-state index < -0.39 is 10.0 Å². The van der Waals surface area contributed by atoms with Crippen molar-refractivity contribution < 1.29 is 8.42 Å². The van der Waals surface area contributed by atoms with Gasteiger partial charge in [-0.05, 0) is 22.0 Å². The number of rotatable bonds is 3. The van der Waals surface area contributed by atoms with E-state index in [2.05, 4.69) is 31.6 Å². The lowest BCUT2D eigenvalue weighted by atomic mass is 10.5. The van der Waals surface area contributed by atoms with Gasteiger partial charge in [0.05, 0.1) is 6.54 Å². The smallest absolute Gasteiger partial charge is 0.243 e. The summed E-state index contributed by atoms with van der Waals surface area (Å²) in [4.78, 5) is 3.83. The second kappa shape index (κ2) is 4.55. The van der Waals surface area contributed by atoms with Crippen LogP contribution in [0.15, 0.2) is 27.8 Å². The molecule has 1 aromatic rings. The minimum atomic E-state index is -3.53. The van der Waals surface area contributed by atoms with Crippen molar-refractivity contribution in [3.8, 4) is 12.3 Å². The molecule has 0 fully saturated rings. The molecule has 0 saturated carbocycles. The first-order chi connectivity index (χ1) is 6.56. The van der Waals surface area contributed by atoms with Crippen LogP contribution in [-0.2, 0) is 10.0 Å². The molecule has 0 saturated heterocycles. The second-order valence-electron chi connectivity index (χ2n) is 2.37. The predicted octanol–water partition coefficient (Wildman–Crippen LogP) is 0.756. The van der Waals surface area contributed by atoms with Crippen LogP contribution in [0.1, 0.15) is 0 Å². The summed E-state index contributed by atoms with van der Waals surface area (Å²) in [5.41, 5.74) is 0. The molecule has 0 aliphatic rings. The molecule has 1 heterocycles. The number of sulfonamides is 1. The van der Waals surface area contributed by atoms with Gasteiger partial charge in [-0.2, -0.15) is 4.72 Å². The fourth-order valence-electron chi connectivity index (χ4n) is 0.759. The van der Waals surface area contributed by atoms with Crippen LogP contribution in [0.25, 0.3) is 0 Å². The Hall–Kier alpha value is -0.900. The minimum Gasteiger partial charge on any atom is -0.262 e. The summed E-state index contributed by atoms with van der Waals surface area (Å²) in [6.07, 6.45) is 7.70. The molecule has 0 atom stereocenters. The Morgan fingerprint density at radius 1 is 1.57 bits per heavy atom. The van der Waals surface area contributed by atoms with Gasteiger partial charge in [0.15, 0.2) is 0 Å². The van der Waals surface area contributed by atoms with E-state index >= 15 is 0 Å². The summed E-state index contributed by atoms with van der Waals surface area (Å²) in [6, 6.07) is 1.45. The zero-order valence-corrected chi connectivity index (χ0v) is 9.47. The Morgan fingerprint density at radius 2 is 2.29 bits per heavy atom. The van der Waals surface area contributed by atoms with Crippen LogP contribution >= 0.6 is 15.9 Å². The molecule has 1 rings (SSSR count). The largest absolute Gasteiger partial charge is 0.262 e. The molecule has 0 aliphatic heterocycles. The fraction of sp³-hybridized carbons (Fsp3) is 0.125. The van der Waals surface area contributed by atoms with Gasteiger partial charge in [0.2, 0.25) is 10.0 Å². The topological polar surface area (TPSA) is 59.1 Å². The lowest BCUT2D eigenvalue weighted by Gasteiger charge is -2.02. The van der Waals surface area contributed by atoms with Crippen LogP contribution in [0.2, 0.25) is 0 Å². The number of hydrogen-bond acceptors (Lipinski definition) is 3. The molecule has 6 heteroatoms. The molecular weight excluding hydrogens is 268 g/mol. The number of halogens is 1. The van der Waals surface area contributed by atoms with Crippen molar-refractivity contribution in [1.29, 1.82) is 0 Å². The molecule has 0 aromatic carbocycles. The average molecular weight is 275 g/mol. The lowest BCUT2D eigenvalue weighted by Crippen LogP contribution is -2.24. The maximum atomic E-state index is 11.5. The van der Waals surface area contributed by atoms with Crippen LogP contribution in [0.3, 0.4) is 0 Å². The number of nitrogens with zero attached hydrogens (tertiary/aromatic N) is 1. The van der Waals surface area contributed by atoms with Crippen molar-refractivity contribution in [2.45, 2.75) is 4.90 Å². The van der Waals surface area contributed by atoms with E-state index in [0.29, 0.717) is 4.47 Å². The van der Waals surface area contributed by atoms with Crippen LogP contribution < -0.4 is 4.72 Å². The third kappa shape index (κ3) is 2.80. The minimum absolute atomic E-state index is 0.0329. The number of aromatic nitrogens is 1. The van der Waals surface area contributed by atoms with Crippen LogP contribution in [0.4, 0.5) is 0 Å². The molecule has 1 aromatic heterocycles. The Labute approximate surface area is 90.9 Å². The first-order valence-corrected chi connectivity index (χ1v) is 5.87. The van der Waals surface area contributed by atoms with E-state index in [4.69, 9.17) is 6.42 Å². The summed E-state index contributed by atoms with van der Waals surface area (Å²) >= 11 is 3.13. The van der Waals surface area contributed by atoms with Gasteiger partial charge in [-0.1, -0.05) is 5.92 Å². The Morgan fingerprint density at radius 3 is 2.86 bits per heavy atom. The van der Waals surface area contributed by atoms with Crippen LogP contribution in [-0.4, -0.2) is 19.9 Å². The highest BCUT2D eigenvalue weighted by molar-refractivity contribution is 9.10. The van der Waals surface area contributed by atoms with E-state index in [1.54, 1.807) is 0 Å². The van der Waals surface area contributed by atoms with Gasteiger partial charge in [0.25, 0.3) is 0 Å². The average Bonchev–Trinajstić information content (AvgIpc) is 2.15. The lowest BCUT2D eigenvalue weighted by molar-refractivity contribution is 0.585. The quantitative estimate of drug-likeness (QED) is 0.828. The highest BCUT2D eigenvalue weighted by atomic mass is 79.9. The molecule has 0 amide bonds. The third-order valence-electron chi connectivity index (χ3n) is 1.35. The third-order valence-corrected chi connectivity index (χ3v) is 3.16. The van der Waals surface area contributed by atoms with Crippen LogP contribution in [0.5, 0.6) is 0 Å². The zero-order chi connectivity index (χ0) is 10.6. The van der Waals surface area contributed by atoms with Crippen molar-refractivity contribution in [1.82, 2.24) is 9.71 Å². The Bertz CT molecular complexity index is 464. The van der Waals surface area contributed by atoms with E-state index in [0.717, 1.165) is 0 Å². The molecule has 0 bridgehead atoms. The maximum absolute atomic E-state index is 11.5. The first kappa shape index (κ1) is 11.2. The molecule has 1 N–H and O–H groups in total. The SMILES string of the molecule is C#CCNS(=O)(=O)c1cncc(Br)c1. The Balaban J connectivity index is 3.00. The van der Waals surface area contributed by atoms with Gasteiger partial charge < -0.3 is 0 Å². The number of pyridine rings is 1. The molecule has 0 spiro atoms. The van der Waals surface area contributed by atoms with Crippen molar-refractivity contribution in [2.75, 3.05) is 6.54 Å². The molecule has 0 aliphatic carbocycles. The fourth-order valence-corrected chi connectivity index (χ4v) is 2.20. The number of hydrogen-bond donors (Lipinski definition) is 1. The predicted molar refractivity (Wildman–Crippen MR) is 56.0 cm³/mol. The van der Waals surface area contributed by atoms with Crippen molar-refractivity contribution in [2.24, 2.45) is 0 Å². The van der Waals surface area contributed by atoms with Gasteiger partial charge in [-0.25, -0.2) is 8.42 Å². The molecule has 74 valence electrons. The molecule has 0 radical (unpaired) electrons. The van der Waals surface area contributed by atoms with E-state index in [-0.39, 0.29) is 11.4 Å². The Kier molecular flexibility index (Phi) is 3.63. The zero-order valence-electron chi connectivity index (χ0n) is 7.07. The van der Waals surface area contributed by atoms with E-state index in [1.807, 2.05) is 0 Å².